The van der Waals surface area contributed by atoms with Gasteiger partial charge in [0.15, 0.2) is 0 Å². The van der Waals surface area contributed by atoms with Gasteiger partial charge in [-0.05, 0) is 105 Å². The fourth-order valence-corrected chi connectivity index (χ4v) is 4.95. The quantitative estimate of drug-likeness (QED) is 0.0732. The van der Waals surface area contributed by atoms with Gasteiger partial charge in [0.25, 0.3) is 0 Å². The standard InChI is InChI=1S/C22H23F3O6.C18H15F3O6/c1-21(2,3)31-18(26)13-8-14-6-5-7-17(19(14)20(27)28-4)29-15-9-11-16(12-10-15)30-22(23,24)25;1-25-17(24)16-11(5-10-15(22)23)3-2-4-14(16)26-12-6-8-13(9-7-12)27-18(19,20)21/h5-7,9-12H,8,13H2,1-4H3;2-4,6-9H,5,10H2,1H3,(H,22,23). The number of esters is 3. The Kier molecular flexibility index (Phi) is 15.9. The summed E-state index contributed by atoms with van der Waals surface area (Å²) in [6.07, 6.45) is -9.49. The minimum Gasteiger partial charge on any atom is -0.481 e. The van der Waals surface area contributed by atoms with Crippen molar-refractivity contribution in [3.63, 3.8) is 0 Å². The van der Waals surface area contributed by atoms with Crippen molar-refractivity contribution in [1.82, 2.24) is 0 Å². The van der Waals surface area contributed by atoms with Crippen molar-refractivity contribution in [1.29, 1.82) is 0 Å². The monoisotopic (exact) mass is 824 g/mol. The van der Waals surface area contributed by atoms with Crippen molar-refractivity contribution in [3.05, 3.63) is 107 Å². The van der Waals surface area contributed by atoms with Crippen molar-refractivity contribution < 1.29 is 83.8 Å². The van der Waals surface area contributed by atoms with Crippen molar-refractivity contribution in [2.24, 2.45) is 0 Å². The molecule has 0 saturated carbocycles. The summed E-state index contributed by atoms with van der Waals surface area (Å²) in [4.78, 5) is 47.3. The van der Waals surface area contributed by atoms with Crippen LogP contribution in [0.1, 0.15) is 65.5 Å². The van der Waals surface area contributed by atoms with Crippen LogP contribution in [0.2, 0.25) is 0 Å². The first-order valence-electron chi connectivity index (χ1n) is 17.0. The van der Waals surface area contributed by atoms with E-state index in [1.54, 1.807) is 45.0 Å². The number of halogens is 6. The van der Waals surface area contributed by atoms with E-state index in [-0.39, 0.29) is 59.8 Å². The van der Waals surface area contributed by atoms with Gasteiger partial charge in [-0.3, -0.25) is 9.59 Å². The zero-order chi connectivity index (χ0) is 43.3. The van der Waals surface area contributed by atoms with E-state index in [0.29, 0.717) is 11.1 Å². The first kappa shape index (κ1) is 45.9. The summed E-state index contributed by atoms with van der Waals surface area (Å²) in [5, 5.41) is 8.83. The Hall–Kier alpha value is -6.46. The van der Waals surface area contributed by atoms with Crippen molar-refractivity contribution in [2.75, 3.05) is 14.2 Å². The fraction of sp³-hybridized carbons (Fsp3) is 0.300. The molecule has 0 radical (unpaired) electrons. The molecule has 12 nitrogen and oxygen atoms in total. The van der Waals surface area contributed by atoms with Crippen molar-refractivity contribution >= 4 is 23.9 Å². The highest BCUT2D eigenvalue weighted by molar-refractivity contribution is 5.95. The SMILES string of the molecule is COC(=O)c1c(CCC(=O)O)cccc1Oc1ccc(OC(F)(F)F)cc1.COC(=O)c1c(CCC(=O)OC(C)(C)C)cccc1Oc1ccc(OC(F)(F)F)cc1. The van der Waals surface area contributed by atoms with Gasteiger partial charge >= 0.3 is 36.6 Å². The number of carbonyl (C=O) groups is 4. The molecule has 0 aromatic heterocycles. The number of ether oxygens (including phenoxy) is 7. The summed E-state index contributed by atoms with van der Waals surface area (Å²) in [5.41, 5.74) is 0.460. The van der Waals surface area contributed by atoms with Crippen LogP contribution in [0.4, 0.5) is 26.3 Å². The minimum atomic E-state index is -4.81. The van der Waals surface area contributed by atoms with Crippen LogP contribution >= 0.6 is 0 Å². The van der Waals surface area contributed by atoms with Crippen LogP contribution in [0, 0.1) is 0 Å². The lowest BCUT2D eigenvalue weighted by Crippen LogP contribution is -2.24. The molecule has 0 amide bonds. The van der Waals surface area contributed by atoms with E-state index in [9.17, 15) is 45.5 Å². The summed E-state index contributed by atoms with van der Waals surface area (Å²) in [7, 11) is 2.38. The highest BCUT2D eigenvalue weighted by Gasteiger charge is 2.32. The van der Waals surface area contributed by atoms with Gasteiger partial charge in [-0.25, -0.2) is 9.59 Å². The zero-order valence-electron chi connectivity index (χ0n) is 31.6. The molecule has 0 saturated heterocycles. The van der Waals surface area contributed by atoms with E-state index in [0.717, 1.165) is 24.3 Å². The molecule has 4 aromatic rings. The number of aryl methyl sites for hydroxylation is 2. The summed E-state index contributed by atoms with van der Waals surface area (Å²) >= 11 is 0. The molecule has 0 fully saturated rings. The van der Waals surface area contributed by atoms with Gasteiger partial charge in [0.1, 0.15) is 51.2 Å². The van der Waals surface area contributed by atoms with Gasteiger partial charge in [0, 0.05) is 12.8 Å². The summed E-state index contributed by atoms with van der Waals surface area (Å²) < 4.78 is 107. The smallest absolute Gasteiger partial charge is 0.481 e. The van der Waals surface area contributed by atoms with Gasteiger partial charge < -0.3 is 38.3 Å². The number of benzene rings is 4. The number of aliphatic carboxylic acids is 1. The lowest BCUT2D eigenvalue weighted by molar-refractivity contribution is -0.275. The number of hydrogen-bond donors (Lipinski definition) is 1. The van der Waals surface area contributed by atoms with E-state index in [2.05, 4.69) is 9.47 Å². The molecule has 1 N–H and O–H groups in total. The van der Waals surface area contributed by atoms with E-state index in [1.807, 2.05) is 0 Å². The van der Waals surface area contributed by atoms with Crippen molar-refractivity contribution in [3.8, 4) is 34.5 Å². The Labute approximate surface area is 328 Å². The molecule has 0 spiro atoms. The first-order valence-corrected chi connectivity index (χ1v) is 17.0. The van der Waals surface area contributed by atoms with E-state index in [1.165, 1.54) is 50.6 Å². The lowest BCUT2D eigenvalue weighted by atomic mass is 10.0. The summed E-state index contributed by atoms with van der Waals surface area (Å²) in [5.74, 6) is -3.10. The molecule has 0 aliphatic heterocycles. The summed E-state index contributed by atoms with van der Waals surface area (Å²) in [6, 6.07) is 18.8. The molecule has 0 bridgehead atoms. The minimum absolute atomic E-state index is 0.0359. The molecule has 4 aromatic carbocycles. The molecule has 312 valence electrons. The second-order valence-corrected chi connectivity index (χ2v) is 12.8. The maximum atomic E-state index is 12.4. The van der Waals surface area contributed by atoms with Crippen LogP contribution < -0.4 is 18.9 Å². The van der Waals surface area contributed by atoms with Crippen LogP contribution in [0.25, 0.3) is 0 Å². The van der Waals surface area contributed by atoms with Crippen LogP contribution in [0.3, 0.4) is 0 Å². The molecule has 18 heteroatoms. The molecule has 0 atom stereocenters. The normalized spacial score (nSPS) is 11.3. The molecule has 0 unspecified atom stereocenters. The average Bonchev–Trinajstić information content (AvgIpc) is 3.12. The molecule has 0 heterocycles. The Morgan fingerprint density at radius 1 is 0.552 bits per heavy atom. The average molecular weight is 825 g/mol. The number of methoxy groups -OCH3 is 2. The van der Waals surface area contributed by atoms with Gasteiger partial charge in [0.05, 0.1) is 14.2 Å². The Morgan fingerprint density at radius 2 is 0.914 bits per heavy atom. The number of alkyl halides is 6. The molecule has 4 rings (SSSR count). The van der Waals surface area contributed by atoms with Gasteiger partial charge in [0.2, 0.25) is 0 Å². The molecular formula is C40H38F6O12. The molecular weight excluding hydrogens is 786 g/mol. The lowest BCUT2D eigenvalue weighted by Gasteiger charge is -2.20. The number of hydrogen-bond acceptors (Lipinski definition) is 11. The van der Waals surface area contributed by atoms with Gasteiger partial charge in [-0.15, -0.1) is 26.3 Å². The third-order valence-corrected chi connectivity index (χ3v) is 7.20. The van der Waals surface area contributed by atoms with Crippen LogP contribution in [-0.4, -0.2) is 61.5 Å². The predicted molar refractivity (Wildman–Crippen MR) is 192 cm³/mol. The highest BCUT2D eigenvalue weighted by atomic mass is 19.4. The van der Waals surface area contributed by atoms with Crippen LogP contribution in [0.5, 0.6) is 34.5 Å². The highest BCUT2D eigenvalue weighted by Crippen LogP contribution is 2.33. The maximum Gasteiger partial charge on any atom is 0.573 e. The van der Waals surface area contributed by atoms with E-state index in [4.69, 9.17) is 28.8 Å². The molecule has 0 aliphatic rings. The first-order chi connectivity index (χ1) is 27.1. The van der Waals surface area contributed by atoms with E-state index < -0.39 is 53.7 Å². The van der Waals surface area contributed by atoms with Crippen LogP contribution in [-0.2, 0) is 36.6 Å². The van der Waals surface area contributed by atoms with Gasteiger partial charge in [-0.1, -0.05) is 24.3 Å². The second kappa shape index (κ2) is 20.1. The Balaban J connectivity index is 0.000000313. The fourth-order valence-electron chi connectivity index (χ4n) is 4.95. The topological polar surface area (TPSA) is 153 Å². The largest absolute Gasteiger partial charge is 0.573 e. The van der Waals surface area contributed by atoms with Crippen molar-refractivity contribution in [2.45, 2.75) is 64.8 Å². The number of carbonyl (C=O) groups excluding carboxylic acids is 3. The second-order valence-electron chi connectivity index (χ2n) is 12.8. The number of carboxylic acids is 1. The third kappa shape index (κ3) is 15.6. The predicted octanol–water partition coefficient (Wildman–Crippen LogP) is 9.62. The maximum absolute atomic E-state index is 12.4. The van der Waals surface area contributed by atoms with Gasteiger partial charge in [-0.2, -0.15) is 0 Å². The number of rotatable bonds is 14. The van der Waals surface area contributed by atoms with Crippen LogP contribution in [0.15, 0.2) is 84.9 Å². The summed E-state index contributed by atoms with van der Waals surface area (Å²) in [6.45, 7) is 5.26. The third-order valence-electron chi connectivity index (χ3n) is 7.20. The Bertz CT molecular complexity index is 2020. The zero-order valence-corrected chi connectivity index (χ0v) is 31.6. The number of carboxylic acid groups (broad SMARTS) is 1. The molecule has 0 aliphatic carbocycles. The van der Waals surface area contributed by atoms with E-state index >= 15 is 0 Å². The molecule has 58 heavy (non-hydrogen) atoms. The Morgan fingerprint density at radius 3 is 1.24 bits per heavy atom.